The fourth-order valence-electron chi connectivity index (χ4n) is 2.30. The minimum atomic E-state index is -0.839. The first-order chi connectivity index (χ1) is 9.40. The fraction of sp³-hybridized carbons (Fsp3) is 0.400. The van der Waals surface area contributed by atoms with E-state index in [-0.39, 0.29) is 18.2 Å². The monoisotopic (exact) mass is 275 g/mol. The predicted octanol–water partition coefficient (Wildman–Crippen LogP) is 1.80. The first-order valence-corrected chi connectivity index (χ1v) is 6.38. The number of carbonyl (C=O) groups excluding carboxylic acids is 3. The van der Waals surface area contributed by atoms with Crippen molar-refractivity contribution in [3.63, 3.8) is 0 Å². The molecule has 1 aromatic carbocycles. The van der Waals surface area contributed by atoms with Crippen LogP contribution in [0.4, 0.5) is 5.69 Å². The molecule has 0 aliphatic carbocycles. The Morgan fingerprint density at radius 3 is 2.35 bits per heavy atom. The number of rotatable bonds is 4. The molecule has 1 aromatic rings. The number of benzene rings is 1. The van der Waals surface area contributed by atoms with E-state index in [4.69, 9.17) is 4.74 Å². The van der Waals surface area contributed by atoms with Gasteiger partial charge in [0.05, 0.1) is 18.7 Å². The molecule has 5 heteroatoms. The molecule has 106 valence electrons. The van der Waals surface area contributed by atoms with Crippen LogP contribution in [0.5, 0.6) is 5.75 Å². The van der Waals surface area contributed by atoms with Gasteiger partial charge in [0.1, 0.15) is 12.0 Å². The molecule has 2 rings (SSSR count). The topological polar surface area (TPSA) is 63.7 Å². The van der Waals surface area contributed by atoms with E-state index < -0.39 is 11.3 Å². The van der Waals surface area contributed by atoms with Crippen LogP contribution in [0.3, 0.4) is 0 Å². The van der Waals surface area contributed by atoms with Crippen LogP contribution in [-0.2, 0) is 14.4 Å². The van der Waals surface area contributed by atoms with Crippen molar-refractivity contribution >= 4 is 23.8 Å². The third-order valence-corrected chi connectivity index (χ3v) is 3.68. The lowest BCUT2D eigenvalue weighted by Gasteiger charge is -2.23. The molecule has 1 aliphatic rings. The molecular formula is C15H17NO4. The Bertz CT molecular complexity index is 547. The van der Waals surface area contributed by atoms with Gasteiger partial charge in [-0.1, -0.05) is 13.8 Å². The number of ether oxygens (including phenoxy) is 1. The van der Waals surface area contributed by atoms with Crippen molar-refractivity contribution in [1.82, 2.24) is 0 Å². The highest BCUT2D eigenvalue weighted by Gasteiger charge is 2.47. The maximum absolute atomic E-state index is 12.4. The van der Waals surface area contributed by atoms with Gasteiger partial charge < -0.3 is 9.53 Å². The van der Waals surface area contributed by atoms with Crippen LogP contribution in [-0.4, -0.2) is 25.2 Å². The Hall–Kier alpha value is -2.17. The van der Waals surface area contributed by atoms with Crippen LogP contribution in [0, 0.1) is 11.3 Å². The SMILES string of the molecule is COc1ccc(N2C(=O)C[C@@H](C(C)(C)C=O)C2=O)cc1. The molecule has 1 aliphatic heterocycles. The van der Waals surface area contributed by atoms with E-state index in [1.165, 1.54) is 0 Å². The standard InChI is InChI=1S/C15H17NO4/c1-15(2,9-17)12-8-13(18)16(14(12)19)10-4-6-11(20-3)7-5-10/h4-7,9,12H,8H2,1-3H3/t12-/m1/s1. The summed E-state index contributed by atoms with van der Waals surface area (Å²) >= 11 is 0. The van der Waals surface area contributed by atoms with Gasteiger partial charge >= 0.3 is 0 Å². The second kappa shape index (κ2) is 5.07. The average molecular weight is 275 g/mol. The summed E-state index contributed by atoms with van der Waals surface area (Å²) in [6.45, 7) is 3.35. The lowest BCUT2D eigenvalue weighted by Crippen LogP contribution is -2.35. The van der Waals surface area contributed by atoms with Gasteiger partial charge in [-0.3, -0.25) is 14.5 Å². The van der Waals surface area contributed by atoms with Crippen molar-refractivity contribution in [2.24, 2.45) is 11.3 Å². The predicted molar refractivity (Wildman–Crippen MR) is 73.4 cm³/mol. The van der Waals surface area contributed by atoms with Gasteiger partial charge in [0.25, 0.3) is 0 Å². The minimum Gasteiger partial charge on any atom is -0.497 e. The molecule has 0 spiro atoms. The van der Waals surface area contributed by atoms with E-state index in [2.05, 4.69) is 0 Å². The number of nitrogens with zero attached hydrogens (tertiary/aromatic N) is 1. The van der Waals surface area contributed by atoms with Crippen molar-refractivity contribution in [3.8, 4) is 5.75 Å². The molecule has 1 saturated heterocycles. The quantitative estimate of drug-likeness (QED) is 0.621. The third-order valence-electron chi connectivity index (χ3n) is 3.68. The van der Waals surface area contributed by atoms with E-state index in [0.29, 0.717) is 11.4 Å². The normalized spacial score (nSPS) is 19.4. The Labute approximate surface area is 117 Å². The first-order valence-electron chi connectivity index (χ1n) is 6.38. The molecule has 0 saturated carbocycles. The Morgan fingerprint density at radius 1 is 1.25 bits per heavy atom. The summed E-state index contributed by atoms with van der Waals surface area (Å²) < 4.78 is 5.04. The number of methoxy groups -OCH3 is 1. The summed E-state index contributed by atoms with van der Waals surface area (Å²) in [5, 5.41) is 0. The maximum atomic E-state index is 12.4. The Balaban J connectivity index is 2.31. The minimum absolute atomic E-state index is 0.0661. The maximum Gasteiger partial charge on any atom is 0.238 e. The van der Waals surface area contributed by atoms with Crippen LogP contribution in [0.15, 0.2) is 24.3 Å². The molecule has 1 heterocycles. The number of hydrogen-bond acceptors (Lipinski definition) is 4. The number of hydrogen-bond donors (Lipinski definition) is 0. The molecule has 1 fully saturated rings. The molecule has 0 aromatic heterocycles. The highest BCUT2D eigenvalue weighted by molar-refractivity contribution is 6.21. The second-order valence-corrected chi connectivity index (χ2v) is 5.46. The second-order valence-electron chi connectivity index (χ2n) is 5.46. The molecule has 5 nitrogen and oxygen atoms in total. The molecule has 0 unspecified atom stereocenters. The van der Waals surface area contributed by atoms with Gasteiger partial charge in [-0.05, 0) is 24.3 Å². The van der Waals surface area contributed by atoms with Gasteiger partial charge in [-0.15, -0.1) is 0 Å². The number of imide groups is 1. The number of amides is 2. The summed E-state index contributed by atoms with van der Waals surface area (Å²) in [7, 11) is 1.55. The van der Waals surface area contributed by atoms with Gasteiger partial charge in [0, 0.05) is 11.8 Å². The first kappa shape index (κ1) is 14.2. The number of carbonyl (C=O) groups is 3. The lowest BCUT2D eigenvalue weighted by molar-refractivity contribution is -0.129. The summed E-state index contributed by atoms with van der Waals surface area (Å²) in [5.41, 5.74) is -0.335. The van der Waals surface area contributed by atoms with E-state index in [0.717, 1.165) is 11.2 Å². The molecule has 0 N–H and O–H groups in total. The van der Waals surface area contributed by atoms with Gasteiger partial charge in [0.2, 0.25) is 11.8 Å². The van der Waals surface area contributed by atoms with Gasteiger partial charge in [0.15, 0.2) is 0 Å². The average Bonchev–Trinajstić information content (AvgIpc) is 2.75. The van der Waals surface area contributed by atoms with Crippen molar-refractivity contribution in [1.29, 1.82) is 0 Å². The van der Waals surface area contributed by atoms with E-state index in [1.807, 2.05) is 0 Å². The van der Waals surface area contributed by atoms with Crippen molar-refractivity contribution in [2.45, 2.75) is 20.3 Å². The Morgan fingerprint density at radius 2 is 1.85 bits per heavy atom. The summed E-state index contributed by atoms with van der Waals surface area (Å²) in [6.07, 6.45) is 0.803. The third kappa shape index (κ3) is 2.31. The van der Waals surface area contributed by atoms with Crippen LogP contribution in [0.2, 0.25) is 0 Å². The molecule has 20 heavy (non-hydrogen) atoms. The van der Waals surface area contributed by atoms with Crippen LogP contribution >= 0.6 is 0 Å². The summed E-state index contributed by atoms with van der Waals surface area (Å²) in [4.78, 5) is 36.7. The zero-order chi connectivity index (χ0) is 14.9. The van der Waals surface area contributed by atoms with E-state index in [1.54, 1.807) is 45.2 Å². The highest BCUT2D eigenvalue weighted by atomic mass is 16.5. The zero-order valence-electron chi connectivity index (χ0n) is 11.8. The van der Waals surface area contributed by atoms with Gasteiger partial charge in [-0.25, -0.2) is 0 Å². The fourth-order valence-corrected chi connectivity index (χ4v) is 2.30. The molecular weight excluding hydrogens is 258 g/mol. The van der Waals surface area contributed by atoms with Crippen LogP contribution < -0.4 is 9.64 Å². The van der Waals surface area contributed by atoms with Crippen LogP contribution in [0.25, 0.3) is 0 Å². The largest absolute Gasteiger partial charge is 0.497 e. The number of aldehydes is 1. The zero-order valence-corrected chi connectivity index (χ0v) is 11.8. The summed E-state index contributed by atoms with van der Waals surface area (Å²) in [5.74, 6) is -0.551. The summed E-state index contributed by atoms with van der Waals surface area (Å²) in [6, 6.07) is 6.69. The molecule has 0 radical (unpaired) electrons. The van der Waals surface area contributed by atoms with E-state index in [9.17, 15) is 14.4 Å². The Kier molecular flexibility index (Phi) is 3.61. The van der Waals surface area contributed by atoms with Crippen molar-refractivity contribution in [3.05, 3.63) is 24.3 Å². The lowest BCUT2D eigenvalue weighted by atomic mass is 9.79. The number of anilines is 1. The van der Waals surface area contributed by atoms with Gasteiger partial charge in [-0.2, -0.15) is 0 Å². The molecule has 1 atom stereocenters. The van der Waals surface area contributed by atoms with Crippen molar-refractivity contribution < 1.29 is 19.1 Å². The smallest absolute Gasteiger partial charge is 0.238 e. The molecule has 2 amide bonds. The highest BCUT2D eigenvalue weighted by Crippen LogP contribution is 2.36. The van der Waals surface area contributed by atoms with Crippen molar-refractivity contribution in [2.75, 3.05) is 12.0 Å². The van der Waals surface area contributed by atoms with Crippen LogP contribution in [0.1, 0.15) is 20.3 Å². The molecule has 0 bridgehead atoms. The van der Waals surface area contributed by atoms with E-state index >= 15 is 0 Å².